The molecule has 0 radical (unpaired) electrons. The van der Waals surface area contributed by atoms with Gasteiger partial charge in [0.25, 0.3) is 0 Å². The quantitative estimate of drug-likeness (QED) is 0.612. The Morgan fingerprint density at radius 3 is 2.56 bits per heavy atom. The highest BCUT2D eigenvalue weighted by molar-refractivity contribution is 7.10. The maximum Gasteiger partial charge on any atom is 0.240 e. The molecular weight excluding hydrogens is 338 g/mol. The zero-order valence-corrected chi connectivity index (χ0v) is 15.4. The molecular formula is C18H21N3O3S. The van der Waals surface area contributed by atoms with Gasteiger partial charge in [0.1, 0.15) is 11.5 Å². The maximum absolute atomic E-state index is 5.66. The third-order valence-electron chi connectivity index (χ3n) is 3.72. The third kappa shape index (κ3) is 4.80. The number of aryl methyl sites for hydroxylation is 1. The number of aromatic nitrogens is 2. The standard InChI is InChI=1S/C18H21N3O3S/c1-13-8-9-25-16(13)10-21(2)11-18-19-17(20-24-18)12-23-15-6-4-14(22-3)5-7-15/h4-9H,10-12H2,1-3H3. The van der Waals surface area contributed by atoms with E-state index in [1.54, 1.807) is 18.4 Å². The van der Waals surface area contributed by atoms with Crippen LogP contribution in [0.3, 0.4) is 0 Å². The van der Waals surface area contributed by atoms with Gasteiger partial charge in [-0.3, -0.25) is 4.90 Å². The molecule has 2 heterocycles. The zero-order chi connectivity index (χ0) is 17.6. The lowest BCUT2D eigenvalue weighted by atomic mass is 10.3. The van der Waals surface area contributed by atoms with Gasteiger partial charge >= 0.3 is 0 Å². The van der Waals surface area contributed by atoms with Gasteiger partial charge in [-0.15, -0.1) is 11.3 Å². The molecule has 0 bridgehead atoms. The van der Waals surface area contributed by atoms with Crippen LogP contribution in [0.2, 0.25) is 0 Å². The minimum absolute atomic E-state index is 0.267. The minimum atomic E-state index is 0.267. The van der Waals surface area contributed by atoms with Crippen molar-refractivity contribution >= 4 is 11.3 Å². The minimum Gasteiger partial charge on any atom is -0.497 e. The summed E-state index contributed by atoms with van der Waals surface area (Å²) in [5.74, 6) is 2.65. The lowest BCUT2D eigenvalue weighted by molar-refractivity contribution is 0.257. The summed E-state index contributed by atoms with van der Waals surface area (Å²) in [5.41, 5.74) is 1.32. The average Bonchev–Trinajstić information content (AvgIpc) is 3.23. The van der Waals surface area contributed by atoms with E-state index in [0.29, 0.717) is 18.3 Å². The van der Waals surface area contributed by atoms with E-state index in [4.69, 9.17) is 14.0 Å². The smallest absolute Gasteiger partial charge is 0.240 e. The number of rotatable bonds is 8. The molecule has 6 nitrogen and oxygen atoms in total. The topological polar surface area (TPSA) is 60.6 Å². The molecule has 0 aliphatic carbocycles. The van der Waals surface area contributed by atoms with Crippen molar-refractivity contribution in [3.8, 4) is 11.5 Å². The third-order valence-corrected chi connectivity index (χ3v) is 4.73. The molecule has 0 spiro atoms. The van der Waals surface area contributed by atoms with Gasteiger partial charge in [-0.05, 0) is 55.2 Å². The zero-order valence-electron chi connectivity index (χ0n) is 14.6. The van der Waals surface area contributed by atoms with Crippen molar-refractivity contribution in [3.63, 3.8) is 0 Å². The van der Waals surface area contributed by atoms with Crippen LogP contribution < -0.4 is 9.47 Å². The van der Waals surface area contributed by atoms with E-state index >= 15 is 0 Å². The van der Waals surface area contributed by atoms with E-state index in [-0.39, 0.29) is 6.61 Å². The fourth-order valence-electron chi connectivity index (χ4n) is 2.33. The Bertz CT molecular complexity index is 798. The fourth-order valence-corrected chi connectivity index (χ4v) is 3.32. The number of ether oxygens (including phenoxy) is 2. The highest BCUT2D eigenvalue weighted by Gasteiger charge is 2.11. The first kappa shape index (κ1) is 17.4. The van der Waals surface area contributed by atoms with Gasteiger partial charge in [-0.1, -0.05) is 5.16 Å². The second kappa shape index (κ2) is 8.13. The van der Waals surface area contributed by atoms with Crippen LogP contribution in [0.15, 0.2) is 40.2 Å². The SMILES string of the molecule is COc1ccc(OCc2noc(CN(C)Cc3sccc3C)n2)cc1. The Labute approximate surface area is 151 Å². The summed E-state index contributed by atoms with van der Waals surface area (Å²) in [6.45, 7) is 3.86. The Hall–Kier alpha value is -2.38. The first-order chi connectivity index (χ1) is 12.1. The molecule has 0 fully saturated rings. The molecule has 2 aromatic heterocycles. The van der Waals surface area contributed by atoms with E-state index in [1.807, 2.05) is 31.3 Å². The molecule has 0 saturated carbocycles. The molecule has 0 N–H and O–H groups in total. The molecule has 3 rings (SSSR count). The lowest BCUT2D eigenvalue weighted by Gasteiger charge is -2.13. The number of methoxy groups -OCH3 is 1. The normalized spacial score (nSPS) is 11.0. The van der Waals surface area contributed by atoms with Gasteiger partial charge in [0.15, 0.2) is 6.61 Å². The molecule has 0 saturated heterocycles. The van der Waals surface area contributed by atoms with Crippen LogP contribution in [0.1, 0.15) is 22.2 Å². The van der Waals surface area contributed by atoms with E-state index in [9.17, 15) is 0 Å². The summed E-state index contributed by atoms with van der Waals surface area (Å²) < 4.78 is 16.1. The molecule has 0 aliphatic heterocycles. The van der Waals surface area contributed by atoms with E-state index in [2.05, 4.69) is 33.4 Å². The predicted molar refractivity (Wildman–Crippen MR) is 95.9 cm³/mol. The Morgan fingerprint density at radius 1 is 1.12 bits per heavy atom. The van der Waals surface area contributed by atoms with Crippen molar-refractivity contribution in [2.75, 3.05) is 14.2 Å². The number of benzene rings is 1. The average molecular weight is 359 g/mol. The number of hydrogen-bond acceptors (Lipinski definition) is 7. The second-order valence-electron chi connectivity index (χ2n) is 5.77. The molecule has 7 heteroatoms. The van der Waals surface area contributed by atoms with Crippen LogP contribution in [0, 0.1) is 6.92 Å². The summed E-state index contributed by atoms with van der Waals surface area (Å²) in [5, 5.41) is 6.08. The van der Waals surface area contributed by atoms with Crippen LogP contribution in [-0.2, 0) is 19.7 Å². The monoisotopic (exact) mass is 359 g/mol. The second-order valence-corrected chi connectivity index (χ2v) is 6.77. The lowest BCUT2D eigenvalue weighted by Crippen LogP contribution is -2.17. The summed E-state index contributed by atoms with van der Waals surface area (Å²) in [6.07, 6.45) is 0. The van der Waals surface area contributed by atoms with Crippen molar-refractivity contribution in [1.82, 2.24) is 15.0 Å². The van der Waals surface area contributed by atoms with Crippen molar-refractivity contribution in [3.05, 3.63) is 57.9 Å². The highest BCUT2D eigenvalue weighted by Crippen LogP contribution is 2.19. The summed E-state index contributed by atoms with van der Waals surface area (Å²) in [6, 6.07) is 9.51. The Kier molecular flexibility index (Phi) is 5.67. The van der Waals surface area contributed by atoms with Crippen LogP contribution in [0.5, 0.6) is 11.5 Å². The van der Waals surface area contributed by atoms with Gasteiger partial charge in [0.2, 0.25) is 11.7 Å². The maximum atomic E-state index is 5.66. The van der Waals surface area contributed by atoms with E-state index in [0.717, 1.165) is 18.0 Å². The summed E-state index contributed by atoms with van der Waals surface area (Å²) in [7, 11) is 3.67. The first-order valence-corrected chi connectivity index (χ1v) is 8.82. The fraction of sp³-hybridized carbons (Fsp3) is 0.333. The van der Waals surface area contributed by atoms with Crippen LogP contribution >= 0.6 is 11.3 Å². The predicted octanol–water partition coefficient (Wildman–Crippen LogP) is 3.66. The molecule has 1 aromatic carbocycles. The Morgan fingerprint density at radius 2 is 1.88 bits per heavy atom. The molecule has 25 heavy (non-hydrogen) atoms. The number of nitrogens with zero attached hydrogens (tertiary/aromatic N) is 3. The largest absolute Gasteiger partial charge is 0.497 e. The van der Waals surface area contributed by atoms with Gasteiger partial charge in [0.05, 0.1) is 13.7 Å². The highest BCUT2D eigenvalue weighted by atomic mass is 32.1. The van der Waals surface area contributed by atoms with Gasteiger partial charge in [-0.25, -0.2) is 0 Å². The summed E-state index contributed by atoms with van der Waals surface area (Å²) >= 11 is 1.76. The number of hydrogen-bond donors (Lipinski definition) is 0. The first-order valence-electron chi connectivity index (χ1n) is 7.94. The van der Waals surface area contributed by atoms with Crippen LogP contribution in [0.4, 0.5) is 0 Å². The molecule has 3 aromatic rings. The molecule has 0 aliphatic rings. The van der Waals surface area contributed by atoms with E-state index < -0.39 is 0 Å². The van der Waals surface area contributed by atoms with Crippen LogP contribution in [-0.4, -0.2) is 29.2 Å². The summed E-state index contributed by atoms with van der Waals surface area (Å²) in [4.78, 5) is 7.89. The van der Waals surface area contributed by atoms with Crippen molar-refractivity contribution < 1.29 is 14.0 Å². The molecule has 132 valence electrons. The number of thiophene rings is 1. The van der Waals surface area contributed by atoms with E-state index in [1.165, 1.54) is 10.4 Å². The van der Waals surface area contributed by atoms with Gasteiger partial charge in [0, 0.05) is 11.4 Å². The molecule has 0 unspecified atom stereocenters. The van der Waals surface area contributed by atoms with Gasteiger partial charge < -0.3 is 14.0 Å². The van der Waals surface area contributed by atoms with Crippen molar-refractivity contribution in [1.29, 1.82) is 0 Å². The van der Waals surface area contributed by atoms with Crippen LogP contribution in [0.25, 0.3) is 0 Å². The van der Waals surface area contributed by atoms with Gasteiger partial charge in [-0.2, -0.15) is 4.98 Å². The molecule has 0 atom stereocenters. The molecule has 0 amide bonds. The van der Waals surface area contributed by atoms with Crippen molar-refractivity contribution in [2.45, 2.75) is 26.6 Å². The van der Waals surface area contributed by atoms with Crippen molar-refractivity contribution in [2.24, 2.45) is 0 Å². The Balaban J connectivity index is 1.50.